The van der Waals surface area contributed by atoms with Crippen molar-refractivity contribution in [3.05, 3.63) is 70.4 Å². The number of likely N-dealkylation sites (tertiary alicyclic amines) is 1. The van der Waals surface area contributed by atoms with E-state index >= 15 is 0 Å². The molecule has 5 N–H and O–H groups in total. The standard InChI is InChI=1S/C27H32ClN5O3/c1-2-18-7-8-22-20(13-18)14-23(32-22)25(35)31-17-27(9-11-33(12-10-27)24(34)15-29)26(36)30-16-19-5-3-4-6-21(19)28/h3-8,13-14,32H,2,9-12,15-17,29H2,1H3,(H,30,36)(H,31,35). The molecule has 8 nitrogen and oxygen atoms in total. The zero-order valence-electron chi connectivity index (χ0n) is 20.4. The minimum absolute atomic E-state index is 0.0669. The van der Waals surface area contributed by atoms with E-state index in [1.54, 1.807) is 11.0 Å². The number of fused-ring (bicyclic) bond motifs is 1. The molecule has 2 aromatic carbocycles. The summed E-state index contributed by atoms with van der Waals surface area (Å²) in [6.45, 7) is 3.25. The van der Waals surface area contributed by atoms with Gasteiger partial charge in [0.05, 0.1) is 12.0 Å². The number of piperidine rings is 1. The number of aryl methyl sites for hydroxylation is 1. The fourth-order valence-corrected chi connectivity index (χ4v) is 4.87. The van der Waals surface area contributed by atoms with Crippen LogP contribution < -0.4 is 16.4 Å². The Morgan fingerprint density at radius 1 is 1.08 bits per heavy atom. The molecule has 3 amide bonds. The number of amides is 3. The zero-order valence-corrected chi connectivity index (χ0v) is 21.2. The van der Waals surface area contributed by atoms with Gasteiger partial charge in [-0.25, -0.2) is 0 Å². The average Bonchev–Trinajstić information content (AvgIpc) is 3.34. The minimum Gasteiger partial charge on any atom is -0.351 e. The van der Waals surface area contributed by atoms with Crippen LogP contribution in [0.5, 0.6) is 0 Å². The lowest BCUT2D eigenvalue weighted by Crippen LogP contribution is -2.55. The number of aromatic nitrogens is 1. The van der Waals surface area contributed by atoms with Gasteiger partial charge in [0, 0.05) is 42.1 Å². The van der Waals surface area contributed by atoms with Crippen LogP contribution in [0.1, 0.15) is 41.4 Å². The molecule has 36 heavy (non-hydrogen) atoms. The first kappa shape index (κ1) is 25.7. The van der Waals surface area contributed by atoms with Crippen molar-refractivity contribution in [2.45, 2.75) is 32.7 Å². The van der Waals surface area contributed by atoms with Crippen LogP contribution in [0.15, 0.2) is 48.5 Å². The summed E-state index contributed by atoms with van der Waals surface area (Å²) >= 11 is 6.25. The second-order valence-corrected chi connectivity index (χ2v) is 9.69. The summed E-state index contributed by atoms with van der Waals surface area (Å²) in [4.78, 5) is 43.4. The van der Waals surface area contributed by atoms with Crippen molar-refractivity contribution in [3.8, 4) is 0 Å². The zero-order chi connectivity index (χ0) is 25.7. The van der Waals surface area contributed by atoms with E-state index in [2.05, 4.69) is 28.6 Å². The molecule has 2 heterocycles. The maximum Gasteiger partial charge on any atom is 0.267 e. The summed E-state index contributed by atoms with van der Waals surface area (Å²) in [6, 6.07) is 15.2. The molecule has 1 saturated heterocycles. The van der Waals surface area contributed by atoms with Gasteiger partial charge in [-0.05, 0) is 54.7 Å². The van der Waals surface area contributed by atoms with Gasteiger partial charge in [-0.1, -0.05) is 42.8 Å². The Bertz CT molecular complexity index is 1260. The van der Waals surface area contributed by atoms with Gasteiger partial charge in [-0.15, -0.1) is 0 Å². The van der Waals surface area contributed by atoms with Crippen LogP contribution in [0.3, 0.4) is 0 Å². The van der Waals surface area contributed by atoms with Crippen LogP contribution >= 0.6 is 11.6 Å². The molecule has 1 fully saturated rings. The van der Waals surface area contributed by atoms with Gasteiger partial charge in [0.25, 0.3) is 5.91 Å². The molecule has 1 aromatic heterocycles. The highest BCUT2D eigenvalue weighted by Gasteiger charge is 2.42. The van der Waals surface area contributed by atoms with Crippen LogP contribution in [-0.4, -0.2) is 53.8 Å². The highest BCUT2D eigenvalue weighted by Crippen LogP contribution is 2.32. The van der Waals surface area contributed by atoms with Crippen LogP contribution in [0, 0.1) is 5.41 Å². The third-order valence-electron chi connectivity index (χ3n) is 7.05. The quantitative estimate of drug-likeness (QED) is 0.373. The topological polar surface area (TPSA) is 120 Å². The molecule has 1 aliphatic rings. The van der Waals surface area contributed by atoms with Crippen molar-refractivity contribution in [2.24, 2.45) is 11.1 Å². The molecule has 4 rings (SSSR count). The van der Waals surface area contributed by atoms with Gasteiger partial charge in [0.15, 0.2) is 0 Å². The Morgan fingerprint density at radius 2 is 1.83 bits per heavy atom. The fourth-order valence-electron chi connectivity index (χ4n) is 4.67. The summed E-state index contributed by atoms with van der Waals surface area (Å²) in [5.74, 6) is -0.594. The molecule has 1 aliphatic heterocycles. The molecule has 0 radical (unpaired) electrons. The molecule has 9 heteroatoms. The Kier molecular flexibility index (Phi) is 7.96. The lowest BCUT2D eigenvalue weighted by atomic mass is 9.77. The first-order chi connectivity index (χ1) is 17.3. The number of nitrogens with one attached hydrogen (secondary N) is 3. The molecule has 190 valence electrons. The summed E-state index contributed by atoms with van der Waals surface area (Å²) in [5.41, 5.74) is 8.01. The van der Waals surface area contributed by atoms with Crippen LogP contribution in [0.4, 0.5) is 0 Å². The number of hydrogen-bond donors (Lipinski definition) is 4. The molecule has 0 spiro atoms. The smallest absolute Gasteiger partial charge is 0.267 e. The molecule has 0 bridgehead atoms. The van der Waals surface area contributed by atoms with Crippen LogP contribution in [0.2, 0.25) is 5.02 Å². The SMILES string of the molecule is CCc1ccc2[nH]c(C(=O)NCC3(C(=O)NCc4ccccc4Cl)CCN(C(=O)CN)CC3)cc2c1. The number of nitrogens with zero attached hydrogens (tertiary/aromatic N) is 1. The number of aromatic amines is 1. The normalized spacial score (nSPS) is 15.0. The van der Waals surface area contributed by atoms with Crippen LogP contribution in [0.25, 0.3) is 10.9 Å². The predicted octanol–water partition coefficient (Wildman–Crippen LogP) is 3.00. The Morgan fingerprint density at radius 3 is 2.53 bits per heavy atom. The number of H-pyrrole nitrogens is 1. The molecule has 0 atom stereocenters. The maximum atomic E-state index is 13.5. The Balaban J connectivity index is 1.48. The minimum atomic E-state index is -0.857. The molecular weight excluding hydrogens is 478 g/mol. The summed E-state index contributed by atoms with van der Waals surface area (Å²) < 4.78 is 0. The Labute approximate surface area is 215 Å². The number of benzene rings is 2. The van der Waals surface area contributed by atoms with E-state index < -0.39 is 5.41 Å². The third-order valence-corrected chi connectivity index (χ3v) is 7.42. The lowest BCUT2D eigenvalue weighted by molar-refractivity contribution is -0.139. The number of nitrogens with two attached hydrogens (primary N) is 1. The summed E-state index contributed by atoms with van der Waals surface area (Å²) in [7, 11) is 0. The first-order valence-corrected chi connectivity index (χ1v) is 12.6. The largest absolute Gasteiger partial charge is 0.351 e. The van der Waals surface area contributed by atoms with E-state index in [1.165, 1.54) is 5.56 Å². The van der Waals surface area contributed by atoms with Crippen molar-refractivity contribution in [3.63, 3.8) is 0 Å². The average molecular weight is 510 g/mol. The van der Waals surface area contributed by atoms with E-state index in [1.807, 2.05) is 36.4 Å². The summed E-state index contributed by atoms with van der Waals surface area (Å²) in [5, 5.41) is 7.51. The van der Waals surface area contributed by atoms with Gasteiger partial charge in [0.2, 0.25) is 11.8 Å². The first-order valence-electron chi connectivity index (χ1n) is 12.2. The van der Waals surface area contributed by atoms with Crippen LogP contribution in [-0.2, 0) is 22.6 Å². The molecule has 0 unspecified atom stereocenters. The Hall–Kier alpha value is -3.36. The van der Waals surface area contributed by atoms with E-state index in [4.69, 9.17) is 17.3 Å². The van der Waals surface area contributed by atoms with E-state index in [9.17, 15) is 14.4 Å². The van der Waals surface area contributed by atoms with E-state index in [0.717, 1.165) is 22.9 Å². The fraction of sp³-hybridized carbons (Fsp3) is 0.370. The second-order valence-electron chi connectivity index (χ2n) is 9.28. The maximum absolute atomic E-state index is 13.5. The van der Waals surface area contributed by atoms with Gasteiger partial charge in [-0.3, -0.25) is 14.4 Å². The molecule has 0 saturated carbocycles. The monoisotopic (exact) mass is 509 g/mol. The van der Waals surface area contributed by atoms with Crippen molar-refractivity contribution in [1.82, 2.24) is 20.5 Å². The third kappa shape index (κ3) is 5.55. The number of hydrogen-bond acceptors (Lipinski definition) is 4. The van der Waals surface area contributed by atoms with Gasteiger partial charge < -0.3 is 26.3 Å². The van der Waals surface area contributed by atoms with Crippen molar-refractivity contribution >= 4 is 40.2 Å². The van der Waals surface area contributed by atoms with Gasteiger partial charge in [0.1, 0.15) is 5.69 Å². The van der Waals surface area contributed by atoms with Crippen molar-refractivity contribution in [2.75, 3.05) is 26.2 Å². The highest BCUT2D eigenvalue weighted by molar-refractivity contribution is 6.31. The van der Waals surface area contributed by atoms with Crippen molar-refractivity contribution in [1.29, 1.82) is 0 Å². The van der Waals surface area contributed by atoms with E-state index in [-0.39, 0.29) is 37.4 Å². The van der Waals surface area contributed by atoms with Gasteiger partial charge in [-0.2, -0.15) is 0 Å². The predicted molar refractivity (Wildman–Crippen MR) is 141 cm³/mol. The number of halogens is 1. The number of carbonyl (C=O) groups excluding carboxylic acids is 3. The van der Waals surface area contributed by atoms with Crippen molar-refractivity contribution < 1.29 is 14.4 Å². The molecule has 3 aromatic rings. The van der Waals surface area contributed by atoms with Gasteiger partial charge >= 0.3 is 0 Å². The summed E-state index contributed by atoms with van der Waals surface area (Å²) in [6.07, 6.45) is 1.75. The molecular formula is C27H32ClN5O3. The lowest BCUT2D eigenvalue weighted by Gasteiger charge is -2.40. The highest BCUT2D eigenvalue weighted by atomic mass is 35.5. The van der Waals surface area contributed by atoms with E-state index in [0.29, 0.717) is 36.6 Å². The second kappa shape index (κ2) is 11.1. The number of carbonyl (C=O) groups is 3. The molecule has 0 aliphatic carbocycles. The number of rotatable bonds is 8.